The smallest absolute Gasteiger partial charge is 0.187 e. The van der Waals surface area contributed by atoms with Crippen LogP contribution in [0.15, 0.2) is 23.3 Å². The second-order valence-electron chi connectivity index (χ2n) is 8.71. The van der Waals surface area contributed by atoms with Gasteiger partial charge in [0.1, 0.15) is 48.8 Å². The molecular weight excluding hydrogens is 440 g/mol. The lowest BCUT2D eigenvalue weighted by molar-refractivity contribution is -0.358. The van der Waals surface area contributed by atoms with Gasteiger partial charge in [-0.3, -0.25) is 0 Å². The Bertz CT molecular complexity index is 646. The van der Waals surface area contributed by atoms with E-state index in [2.05, 4.69) is 6.08 Å². The molecule has 2 heterocycles. The molecule has 2 saturated heterocycles. The Kier molecular flexibility index (Phi) is 11.3. The van der Waals surface area contributed by atoms with Crippen LogP contribution in [0.2, 0.25) is 0 Å². The van der Waals surface area contributed by atoms with Gasteiger partial charge in [0.15, 0.2) is 12.6 Å². The maximum absolute atomic E-state index is 10.6. The molecule has 192 valence electrons. The molecule has 0 aromatic rings. The number of rotatable bonds is 10. The number of hydrogen-bond acceptors (Lipinski definition) is 11. The monoisotopic (exact) mass is 478 g/mol. The molecule has 2 aliphatic rings. The van der Waals surface area contributed by atoms with Gasteiger partial charge in [0, 0.05) is 0 Å². The van der Waals surface area contributed by atoms with Crippen molar-refractivity contribution < 1.29 is 54.7 Å². The normalized spacial score (nSPS) is 40.0. The molecule has 2 fully saturated rings. The van der Waals surface area contributed by atoms with Crippen molar-refractivity contribution >= 4 is 0 Å². The van der Waals surface area contributed by atoms with E-state index in [1.807, 2.05) is 26.8 Å². The second-order valence-corrected chi connectivity index (χ2v) is 8.71. The molecule has 0 unspecified atom stereocenters. The zero-order valence-electron chi connectivity index (χ0n) is 19.2. The summed E-state index contributed by atoms with van der Waals surface area (Å²) in [6.45, 7) is 4.87. The summed E-state index contributed by atoms with van der Waals surface area (Å²) in [4.78, 5) is 0. The van der Waals surface area contributed by atoms with Crippen molar-refractivity contribution in [3.63, 3.8) is 0 Å². The fourth-order valence-corrected chi connectivity index (χ4v) is 3.67. The van der Waals surface area contributed by atoms with Gasteiger partial charge in [-0.1, -0.05) is 23.3 Å². The molecule has 11 nitrogen and oxygen atoms in total. The first-order chi connectivity index (χ1) is 15.6. The van der Waals surface area contributed by atoms with E-state index < -0.39 is 74.6 Å². The highest BCUT2D eigenvalue weighted by molar-refractivity contribution is 5.02. The molecule has 0 aromatic heterocycles. The Morgan fingerprint density at radius 1 is 0.758 bits per heavy atom. The predicted molar refractivity (Wildman–Crippen MR) is 115 cm³/mol. The van der Waals surface area contributed by atoms with Crippen LogP contribution in [0.1, 0.15) is 33.6 Å². The first kappa shape index (κ1) is 28.3. The zero-order chi connectivity index (χ0) is 24.7. The van der Waals surface area contributed by atoms with Crippen LogP contribution in [0, 0.1) is 0 Å². The van der Waals surface area contributed by atoms with Gasteiger partial charge in [-0.2, -0.15) is 0 Å². The summed E-state index contributed by atoms with van der Waals surface area (Å²) in [6.07, 6.45) is -8.90. The first-order valence-corrected chi connectivity index (χ1v) is 11.1. The largest absolute Gasteiger partial charge is 0.394 e. The highest BCUT2D eigenvalue weighted by Crippen LogP contribution is 2.29. The molecule has 0 radical (unpaired) electrons. The number of ether oxygens (including phenoxy) is 4. The SMILES string of the molecule is CC(C)=CCC/C(C)=C\CO[C@@H]1O[C@H](CO)[C@@H](O[C@H]2O[C@H](CO)[C@@H](O)[C@H](O)[C@H]2O)[C@H](O)[C@H]1O. The van der Waals surface area contributed by atoms with Crippen molar-refractivity contribution in [1.29, 1.82) is 0 Å². The van der Waals surface area contributed by atoms with E-state index >= 15 is 0 Å². The molecule has 2 aliphatic heterocycles. The fourth-order valence-electron chi connectivity index (χ4n) is 3.67. The Morgan fingerprint density at radius 3 is 1.97 bits per heavy atom. The van der Waals surface area contributed by atoms with E-state index in [1.165, 1.54) is 5.57 Å². The van der Waals surface area contributed by atoms with Crippen molar-refractivity contribution in [1.82, 2.24) is 0 Å². The van der Waals surface area contributed by atoms with Crippen molar-refractivity contribution in [2.45, 2.75) is 95.0 Å². The van der Waals surface area contributed by atoms with Gasteiger partial charge in [-0.25, -0.2) is 0 Å². The van der Waals surface area contributed by atoms with Gasteiger partial charge in [0.05, 0.1) is 19.8 Å². The maximum atomic E-state index is 10.6. The Labute approximate surface area is 193 Å². The van der Waals surface area contributed by atoms with Gasteiger partial charge < -0.3 is 54.7 Å². The third-order valence-corrected chi connectivity index (χ3v) is 5.74. The van der Waals surface area contributed by atoms with Gasteiger partial charge in [-0.15, -0.1) is 0 Å². The average molecular weight is 479 g/mol. The highest BCUT2D eigenvalue weighted by atomic mass is 16.7. The number of hydrogen-bond donors (Lipinski definition) is 7. The first-order valence-electron chi connectivity index (χ1n) is 11.1. The lowest BCUT2D eigenvalue weighted by Gasteiger charge is -2.45. The van der Waals surface area contributed by atoms with Crippen LogP contribution in [-0.4, -0.2) is 117 Å². The minimum atomic E-state index is -1.71. The summed E-state index contributed by atoms with van der Waals surface area (Å²) < 4.78 is 21.9. The van der Waals surface area contributed by atoms with Crippen LogP contribution in [0.5, 0.6) is 0 Å². The third-order valence-electron chi connectivity index (χ3n) is 5.74. The van der Waals surface area contributed by atoms with Crippen LogP contribution in [0.4, 0.5) is 0 Å². The molecule has 0 aliphatic carbocycles. The Balaban J connectivity index is 1.97. The summed E-state index contributed by atoms with van der Waals surface area (Å²) in [5, 5.41) is 70.0. The summed E-state index contributed by atoms with van der Waals surface area (Å²) in [7, 11) is 0. The van der Waals surface area contributed by atoms with Crippen molar-refractivity contribution in [3.8, 4) is 0 Å². The second kappa shape index (κ2) is 13.2. The summed E-state index contributed by atoms with van der Waals surface area (Å²) in [5.74, 6) is 0. The van der Waals surface area contributed by atoms with E-state index in [0.29, 0.717) is 0 Å². The van der Waals surface area contributed by atoms with Crippen LogP contribution in [-0.2, 0) is 18.9 Å². The van der Waals surface area contributed by atoms with Crippen molar-refractivity contribution in [3.05, 3.63) is 23.3 Å². The van der Waals surface area contributed by atoms with Gasteiger partial charge in [0.2, 0.25) is 0 Å². The van der Waals surface area contributed by atoms with E-state index in [9.17, 15) is 35.7 Å². The topological polar surface area (TPSA) is 179 Å². The maximum Gasteiger partial charge on any atom is 0.187 e. The number of allylic oxidation sites excluding steroid dienone is 3. The van der Waals surface area contributed by atoms with E-state index in [0.717, 1.165) is 18.4 Å². The number of aliphatic hydroxyl groups is 7. The minimum Gasteiger partial charge on any atom is -0.394 e. The number of aliphatic hydroxyl groups excluding tert-OH is 7. The standard InChI is InChI=1S/C22H38O11/c1-11(2)5-4-6-12(3)7-8-30-21-19(29)17(27)20(14(10-24)32-21)33-22-18(28)16(26)15(25)13(9-23)31-22/h5,7,13-29H,4,6,8-10H2,1-3H3/b12-7-/t13-,14-,15-,16+,17-,18-,19-,20-,21-,22-/m1/s1. The summed E-state index contributed by atoms with van der Waals surface area (Å²) in [5.41, 5.74) is 2.32. The molecule has 11 heteroatoms. The molecule has 0 amide bonds. The van der Waals surface area contributed by atoms with E-state index in [4.69, 9.17) is 18.9 Å². The third kappa shape index (κ3) is 7.51. The lowest BCUT2D eigenvalue weighted by atomic mass is 9.97. The predicted octanol–water partition coefficient (Wildman–Crippen LogP) is -1.68. The summed E-state index contributed by atoms with van der Waals surface area (Å²) >= 11 is 0. The van der Waals surface area contributed by atoms with Crippen LogP contribution < -0.4 is 0 Å². The molecule has 7 N–H and O–H groups in total. The molecule has 2 rings (SSSR count). The molecule has 10 atom stereocenters. The van der Waals surface area contributed by atoms with Crippen LogP contribution in [0.3, 0.4) is 0 Å². The molecule has 0 spiro atoms. The lowest BCUT2D eigenvalue weighted by Crippen LogP contribution is -2.64. The fraction of sp³-hybridized carbons (Fsp3) is 0.818. The molecule has 0 aromatic carbocycles. The summed E-state index contributed by atoms with van der Waals surface area (Å²) in [6, 6.07) is 0. The Morgan fingerprint density at radius 2 is 1.36 bits per heavy atom. The average Bonchev–Trinajstić information content (AvgIpc) is 2.78. The zero-order valence-corrected chi connectivity index (χ0v) is 19.2. The highest BCUT2D eigenvalue weighted by Gasteiger charge is 2.50. The van der Waals surface area contributed by atoms with Gasteiger partial charge in [-0.05, 0) is 33.6 Å². The van der Waals surface area contributed by atoms with Gasteiger partial charge >= 0.3 is 0 Å². The Hall–Kier alpha value is -0.960. The van der Waals surface area contributed by atoms with Gasteiger partial charge in [0.25, 0.3) is 0 Å². The van der Waals surface area contributed by atoms with Crippen LogP contribution >= 0.6 is 0 Å². The van der Waals surface area contributed by atoms with E-state index in [1.54, 1.807) is 0 Å². The van der Waals surface area contributed by atoms with Crippen LogP contribution in [0.25, 0.3) is 0 Å². The molecule has 33 heavy (non-hydrogen) atoms. The molecule has 0 saturated carbocycles. The van der Waals surface area contributed by atoms with Crippen molar-refractivity contribution in [2.75, 3.05) is 19.8 Å². The quantitative estimate of drug-likeness (QED) is 0.178. The molecular formula is C22H38O11. The van der Waals surface area contributed by atoms with E-state index in [-0.39, 0.29) is 6.61 Å². The molecule has 0 bridgehead atoms. The minimum absolute atomic E-state index is 0.117. The van der Waals surface area contributed by atoms with Crippen molar-refractivity contribution in [2.24, 2.45) is 0 Å².